The third-order valence-electron chi connectivity index (χ3n) is 4.28. The summed E-state index contributed by atoms with van der Waals surface area (Å²) < 4.78 is 57.0. The molecule has 30 heavy (non-hydrogen) atoms. The summed E-state index contributed by atoms with van der Waals surface area (Å²) in [5.41, 5.74) is 2.14. The molecule has 1 aromatic carbocycles. The maximum Gasteiger partial charge on any atom is 0.573 e. The van der Waals surface area contributed by atoms with Gasteiger partial charge >= 0.3 is 6.36 Å². The Bertz CT molecular complexity index is 1030. The second-order valence-corrected chi connectivity index (χ2v) is 6.77. The van der Waals surface area contributed by atoms with Gasteiger partial charge < -0.3 is 9.30 Å². The van der Waals surface area contributed by atoms with Crippen LogP contribution in [0.2, 0.25) is 0 Å². The highest BCUT2D eigenvalue weighted by atomic mass is 19.4. The van der Waals surface area contributed by atoms with Crippen LogP contribution < -0.4 is 4.74 Å². The second kappa shape index (κ2) is 9.11. The van der Waals surface area contributed by atoms with Crippen LogP contribution in [0.5, 0.6) is 5.75 Å². The minimum absolute atomic E-state index is 0.274. The summed E-state index contributed by atoms with van der Waals surface area (Å²) in [6.07, 6.45) is 4.09. The molecule has 0 N–H and O–H groups in total. The molecule has 0 atom stereocenters. The highest BCUT2D eigenvalue weighted by molar-refractivity contribution is 5.74. The maximum atomic E-state index is 14.0. The van der Waals surface area contributed by atoms with Gasteiger partial charge in [0.25, 0.3) is 0 Å². The first kappa shape index (κ1) is 21.5. The molecule has 1 aromatic rings. The number of benzene rings is 1. The number of pyridine rings is 1. The third-order valence-corrected chi connectivity index (χ3v) is 4.28. The number of allylic oxidation sites excluding steroid dienone is 4. The Balaban J connectivity index is 1.84. The molecule has 0 saturated heterocycles. The maximum absolute atomic E-state index is 14.0. The van der Waals surface area contributed by atoms with Crippen molar-refractivity contribution in [1.82, 2.24) is 14.5 Å². The van der Waals surface area contributed by atoms with E-state index in [-0.39, 0.29) is 11.6 Å². The number of imidazole rings is 1. The van der Waals surface area contributed by atoms with Gasteiger partial charge in [-0.15, -0.1) is 13.2 Å². The average molecular weight is 419 g/mol. The van der Waals surface area contributed by atoms with Gasteiger partial charge in [-0.2, -0.15) is 0 Å². The zero-order valence-electron chi connectivity index (χ0n) is 16.6. The fourth-order valence-corrected chi connectivity index (χ4v) is 2.93. The number of hydrogen-bond acceptors (Lipinski definition) is 3. The molecule has 0 saturated carbocycles. The van der Waals surface area contributed by atoms with E-state index in [0.717, 1.165) is 12.8 Å². The molecule has 2 aliphatic heterocycles. The van der Waals surface area contributed by atoms with Crippen LogP contribution in [0.3, 0.4) is 0 Å². The smallest absolute Gasteiger partial charge is 0.406 e. The van der Waals surface area contributed by atoms with Crippen molar-refractivity contribution in [3.63, 3.8) is 0 Å². The highest BCUT2D eigenvalue weighted by Crippen LogP contribution is 2.27. The minimum Gasteiger partial charge on any atom is -0.406 e. The molecular formula is C22H21F4N3O. The molecule has 0 unspecified atom stereocenters. The summed E-state index contributed by atoms with van der Waals surface area (Å²) >= 11 is 0. The fraction of sp³-hybridized carbons (Fsp3) is 0.273. The molecule has 3 rings (SSSR count). The van der Waals surface area contributed by atoms with Gasteiger partial charge in [0.1, 0.15) is 17.3 Å². The van der Waals surface area contributed by atoms with Crippen molar-refractivity contribution in [2.45, 2.75) is 39.6 Å². The number of nitrogens with zero attached hydrogens (tertiary/aromatic N) is 3. The quantitative estimate of drug-likeness (QED) is 0.329. The fourth-order valence-electron chi connectivity index (χ4n) is 2.93. The number of rotatable bonds is 7. The Hall–Kier alpha value is -3.16. The van der Waals surface area contributed by atoms with E-state index in [1.165, 1.54) is 25.1 Å². The largest absolute Gasteiger partial charge is 0.573 e. The Labute approximate surface area is 171 Å². The van der Waals surface area contributed by atoms with Crippen LogP contribution in [-0.4, -0.2) is 20.9 Å². The lowest BCUT2D eigenvalue weighted by Crippen LogP contribution is -2.17. The Morgan fingerprint density at radius 2 is 1.93 bits per heavy atom. The predicted molar refractivity (Wildman–Crippen MR) is 107 cm³/mol. The number of halogens is 4. The van der Waals surface area contributed by atoms with Crippen molar-refractivity contribution < 1.29 is 22.3 Å². The summed E-state index contributed by atoms with van der Waals surface area (Å²) in [5.74, 6) is -0.341. The molecule has 2 heterocycles. The van der Waals surface area contributed by atoms with Gasteiger partial charge in [-0.1, -0.05) is 37.6 Å². The first-order valence-corrected chi connectivity index (χ1v) is 9.46. The van der Waals surface area contributed by atoms with Gasteiger partial charge in [-0.05, 0) is 37.1 Å². The van der Waals surface area contributed by atoms with Crippen molar-refractivity contribution in [3.8, 4) is 17.1 Å². The van der Waals surface area contributed by atoms with E-state index in [9.17, 15) is 17.6 Å². The van der Waals surface area contributed by atoms with Crippen molar-refractivity contribution in [2.24, 2.45) is 0 Å². The van der Waals surface area contributed by atoms with Gasteiger partial charge in [0.05, 0.1) is 11.3 Å². The SMILES string of the molecule is CCC/C=C\C(=C(/C)F)c1nc2ccn(Cc3cccc(OC(F)(F)F)c3)cc-2n1. The molecule has 158 valence electrons. The first-order chi connectivity index (χ1) is 14.2. The van der Waals surface area contributed by atoms with Gasteiger partial charge in [0, 0.05) is 18.9 Å². The summed E-state index contributed by atoms with van der Waals surface area (Å²) in [7, 11) is 0. The van der Waals surface area contributed by atoms with E-state index in [0.29, 0.717) is 34.9 Å². The van der Waals surface area contributed by atoms with Crippen LogP contribution in [-0.2, 0) is 6.54 Å². The molecule has 0 aliphatic carbocycles. The van der Waals surface area contributed by atoms with E-state index >= 15 is 0 Å². The number of fused-ring (bicyclic) bond motifs is 1. The molecule has 2 aliphatic rings. The Kier molecular flexibility index (Phi) is 6.54. The number of unbranched alkanes of at least 4 members (excludes halogenated alkanes) is 1. The van der Waals surface area contributed by atoms with Crippen LogP contribution in [0.4, 0.5) is 17.6 Å². The Morgan fingerprint density at radius 1 is 1.17 bits per heavy atom. The number of ether oxygens (including phenoxy) is 1. The van der Waals surface area contributed by atoms with Crippen LogP contribution >= 0.6 is 0 Å². The molecule has 4 nitrogen and oxygen atoms in total. The molecule has 0 fully saturated rings. The lowest BCUT2D eigenvalue weighted by Gasteiger charge is -2.11. The summed E-state index contributed by atoms with van der Waals surface area (Å²) in [6, 6.07) is 7.52. The topological polar surface area (TPSA) is 39.9 Å². The van der Waals surface area contributed by atoms with Crippen LogP contribution in [0.1, 0.15) is 38.1 Å². The van der Waals surface area contributed by atoms with E-state index in [2.05, 4.69) is 14.7 Å². The van der Waals surface area contributed by atoms with Gasteiger partial charge in [0.2, 0.25) is 0 Å². The Morgan fingerprint density at radius 3 is 2.63 bits per heavy atom. The first-order valence-electron chi connectivity index (χ1n) is 9.46. The van der Waals surface area contributed by atoms with E-state index in [4.69, 9.17) is 0 Å². The summed E-state index contributed by atoms with van der Waals surface area (Å²) in [6.45, 7) is 3.71. The van der Waals surface area contributed by atoms with Gasteiger partial charge in [0.15, 0.2) is 5.82 Å². The zero-order chi connectivity index (χ0) is 21.7. The molecule has 8 heteroatoms. The van der Waals surface area contributed by atoms with E-state index in [1.54, 1.807) is 35.2 Å². The molecule has 0 spiro atoms. The molecule has 0 bridgehead atoms. The van der Waals surface area contributed by atoms with Crippen molar-refractivity contribution >= 4 is 5.57 Å². The van der Waals surface area contributed by atoms with E-state index < -0.39 is 6.36 Å². The van der Waals surface area contributed by atoms with E-state index in [1.807, 2.05) is 13.0 Å². The van der Waals surface area contributed by atoms with Crippen LogP contribution in [0.25, 0.3) is 17.0 Å². The highest BCUT2D eigenvalue weighted by Gasteiger charge is 2.31. The van der Waals surface area contributed by atoms with Crippen molar-refractivity contribution in [2.75, 3.05) is 0 Å². The summed E-state index contributed by atoms with van der Waals surface area (Å²) in [5, 5.41) is 0. The number of hydrogen-bond donors (Lipinski definition) is 0. The van der Waals surface area contributed by atoms with Crippen LogP contribution in [0.15, 0.2) is 60.7 Å². The molecule has 0 amide bonds. The second-order valence-electron chi connectivity index (χ2n) is 6.77. The lowest BCUT2D eigenvalue weighted by molar-refractivity contribution is -0.274. The third kappa shape index (κ3) is 5.68. The molecule has 0 aromatic heterocycles. The number of aromatic nitrogens is 3. The normalized spacial score (nSPS) is 13.1. The zero-order valence-corrected chi connectivity index (χ0v) is 16.6. The number of alkyl halides is 3. The average Bonchev–Trinajstić information content (AvgIpc) is 3.06. The van der Waals surface area contributed by atoms with Gasteiger partial charge in [-0.25, -0.2) is 14.4 Å². The molecule has 0 radical (unpaired) electrons. The van der Waals surface area contributed by atoms with Crippen molar-refractivity contribution in [3.05, 3.63) is 72.1 Å². The van der Waals surface area contributed by atoms with Crippen molar-refractivity contribution in [1.29, 1.82) is 0 Å². The lowest BCUT2D eigenvalue weighted by atomic mass is 10.2. The van der Waals surface area contributed by atoms with Crippen LogP contribution in [0, 0.1) is 0 Å². The standard InChI is InChI=1S/C22H21F4N3O/c1-3-4-5-9-18(15(2)23)21-27-19-10-11-29(14-20(19)28-21)13-16-7-6-8-17(12-16)30-22(24,25)26/h5-12,14H,3-4,13H2,1-2H3/b9-5-,18-15-. The monoisotopic (exact) mass is 419 g/mol. The van der Waals surface area contributed by atoms with Gasteiger partial charge in [-0.3, -0.25) is 0 Å². The molecular weight excluding hydrogens is 398 g/mol. The predicted octanol–water partition coefficient (Wildman–Crippen LogP) is 6.39. The summed E-state index contributed by atoms with van der Waals surface area (Å²) in [4.78, 5) is 8.82. The minimum atomic E-state index is -4.74.